The fraction of sp³-hybridized carbons (Fsp3) is 0.706. The summed E-state index contributed by atoms with van der Waals surface area (Å²) in [7, 11) is 1.88. The maximum Gasteiger partial charge on any atom is 0.251 e. The van der Waals surface area contributed by atoms with Crippen LogP contribution in [0.25, 0.3) is 0 Å². The Morgan fingerprint density at radius 1 is 1.46 bits per heavy atom. The van der Waals surface area contributed by atoms with Crippen LogP contribution in [-0.4, -0.2) is 74.4 Å². The molecule has 0 radical (unpaired) electrons. The summed E-state index contributed by atoms with van der Waals surface area (Å²) in [5, 5.41) is 2.09. The Bertz CT molecular complexity index is 519. The molecule has 1 amide bonds. The standard InChI is InChI=1S/C17H27N3O3S/c1-19(17(21)15-5-4-13(11-18)23-15)12-14(16-3-2-10-24-16)20-6-8-22-9-7-20/h2-3,10,13-15H,4-9,11-12,18H2,1H3/t13-,14?,15+/m1/s1. The van der Waals surface area contributed by atoms with Crippen molar-refractivity contribution in [1.29, 1.82) is 0 Å². The van der Waals surface area contributed by atoms with E-state index in [4.69, 9.17) is 15.2 Å². The number of ether oxygens (including phenoxy) is 2. The quantitative estimate of drug-likeness (QED) is 0.829. The van der Waals surface area contributed by atoms with Crippen LogP contribution in [0.5, 0.6) is 0 Å². The van der Waals surface area contributed by atoms with Gasteiger partial charge in [-0.05, 0) is 24.3 Å². The highest BCUT2D eigenvalue weighted by atomic mass is 32.1. The van der Waals surface area contributed by atoms with Crippen molar-refractivity contribution in [2.75, 3.05) is 46.4 Å². The SMILES string of the molecule is CN(CC(c1cccs1)N1CCOCC1)C(=O)[C@@H]1CC[C@H](CN)O1. The Balaban J connectivity index is 1.64. The minimum Gasteiger partial charge on any atom is -0.379 e. The van der Waals surface area contributed by atoms with Gasteiger partial charge in [0.2, 0.25) is 0 Å². The minimum absolute atomic E-state index is 0.0275. The molecule has 2 N–H and O–H groups in total. The molecule has 1 unspecified atom stereocenters. The Morgan fingerprint density at radius 2 is 2.25 bits per heavy atom. The lowest BCUT2D eigenvalue weighted by molar-refractivity contribution is -0.142. The van der Waals surface area contributed by atoms with E-state index in [1.807, 2.05) is 11.9 Å². The fourth-order valence-electron chi connectivity index (χ4n) is 3.41. The van der Waals surface area contributed by atoms with Gasteiger partial charge >= 0.3 is 0 Å². The van der Waals surface area contributed by atoms with E-state index in [-0.39, 0.29) is 24.2 Å². The summed E-state index contributed by atoms with van der Waals surface area (Å²) in [5.41, 5.74) is 5.65. The second kappa shape index (κ2) is 8.40. The van der Waals surface area contributed by atoms with E-state index in [0.29, 0.717) is 13.1 Å². The number of nitrogens with zero attached hydrogens (tertiary/aromatic N) is 2. The predicted octanol–water partition coefficient (Wildman–Crippen LogP) is 1.09. The molecule has 1 aromatic rings. The van der Waals surface area contributed by atoms with Crippen LogP contribution in [0, 0.1) is 0 Å². The third-order valence-corrected chi connectivity index (χ3v) is 5.80. The molecule has 3 atom stereocenters. The molecule has 3 heterocycles. The number of rotatable bonds is 6. The molecule has 1 aromatic heterocycles. The van der Waals surface area contributed by atoms with Crippen LogP contribution < -0.4 is 5.73 Å². The number of carbonyl (C=O) groups is 1. The molecule has 2 aliphatic heterocycles. The first-order valence-electron chi connectivity index (χ1n) is 8.64. The van der Waals surface area contributed by atoms with Crippen LogP contribution in [0.1, 0.15) is 23.8 Å². The average Bonchev–Trinajstić information content (AvgIpc) is 3.31. The van der Waals surface area contributed by atoms with Gasteiger partial charge in [0.15, 0.2) is 0 Å². The first-order valence-corrected chi connectivity index (χ1v) is 9.52. The predicted molar refractivity (Wildman–Crippen MR) is 94.0 cm³/mol. The highest BCUT2D eigenvalue weighted by Crippen LogP contribution is 2.28. The Kier molecular flexibility index (Phi) is 6.24. The Labute approximate surface area is 147 Å². The molecule has 24 heavy (non-hydrogen) atoms. The molecule has 2 fully saturated rings. The highest BCUT2D eigenvalue weighted by Gasteiger charge is 2.33. The van der Waals surface area contributed by atoms with Gasteiger partial charge in [-0.1, -0.05) is 6.07 Å². The van der Waals surface area contributed by atoms with E-state index in [2.05, 4.69) is 22.4 Å². The van der Waals surface area contributed by atoms with E-state index >= 15 is 0 Å². The molecule has 2 saturated heterocycles. The van der Waals surface area contributed by atoms with Crippen molar-refractivity contribution in [3.05, 3.63) is 22.4 Å². The van der Waals surface area contributed by atoms with Crippen molar-refractivity contribution >= 4 is 17.2 Å². The average molecular weight is 353 g/mol. The number of thiophene rings is 1. The van der Waals surface area contributed by atoms with Crippen LogP contribution in [0.4, 0.5) is 0 Å². The van der Waals surface area contributed by atoms with Crippen molar-refractivity contribution in [3.8, 4) is 0 Å². The zero-order chi connectivity index (χ0) is 16.9. The second-order valence-corrected chi connectivity index (χ2v) is 7.44. The zero-order valence-corrected chi connectivity index (χ0v) is 15.0. The summed E-state index contributed by atoms with van der Waals surface area (Å²) in [5.74, 6) is 0.0702. The van der Waals surface area contributed by atoms with Crippen LogP contribution in [0.3, 0.4) is 0 Å². The minimum atomic E-state index is -0.336. The van der Waals surface area contributed by atoms with Crippen molar-refractivity contribution in [3.63, 3.8) is 0 Å². The second-order valence-electron chi connectivity index (χ2n) is 6.46. The number of amides is 1. The number of carbonyl (C=O) groups excluding carboxylic acids is 1. The third kappa shape index (κ3) is 4.15. The van der Waals surface area contributed by atoms with Crippen LogP contribution in [0.15, 0.2) is 17.5 Å². The molecule has 0 spiro atoms. The fourth-order valence-corrected chi connectivity index (χ4v) is 4.26. The number of hydrogen-bond acceptors (Lipinski definition) is 6. The molecule has 0 aliphatic carbocycles. The third-order valence-electron chi connectivity index (χ3n) is 4.83. The molecular weight excluding hydrogens is 326 g/mol. The van der Waals surface area contributed by atoms with Crippen molar-refractivity contribution in [2.24, 2.45) is 5.73 Å². The molecule has 6 nitrogen and oxygen atoms in total. The van der Waals surface area contributed by atoms with E-state index in [1.54, 1.807) is 11.3 Å². The van der Waals surface area contributed by atoms with Gasteiger partial charge in [0.1, 0.15) is 6.10 Å². The van der Waals surface area contributed by atoms with Gasteiger partial charge < -0.3 is 20.1 Å². The summed E-state index contributed by atoms with van der Waals surface area (Å²) in [6.45, 7) is 4.47. The number of likely N-dealkylation sites (N-methyl/N-ethyl adjacent to an activating group) is 1. The van der Waals surface area contributed by atoms with Gasteiger partial charge in [-0.15, -0.1) is 11.3 Å². The van der Waals surface area contributed by atoms with Gasteiger partial charge in [0.05, 0.1) is 25.4 Å². The smallest absolute Gasteiger partial charge is 0.251 e. The molecule has 7 heteroatoms. The summed E-state index contributed by atoms with van der Waals surface area (Å²) in [6, 6.07) is 4.44. The molecular formula is C17H27N3O3S. The maximum absolute atomic E-state index is 12.7. The largest absolute Gasteiger partial charge is 0.379 e. The Morgan fingerprint density at radius 3 is 2.88 bits per heavy atom. The van der Waals surface area contributed by atoms with Crippen molar-refractivity contribution in [2.45, 2.75) is 31.1 Å². The van der Waals surface area contributed by atoms with Gasteiger partial charge in [-0.25, -0.2) is 0 Å². The maximum atomic E-state index is 12.7. The summed E-state index contributed by atoms with van der Waals surface area (Å²) < 4.78 is 11.2. The van der Waals surface area contributed by atoms with E-state index in [9.17, 15) is 4.79 Å². The lowest BCUT2D eigenvalue weighted by Crippen LogP contribution is -2.46. The summed E-state index contributed by atoms with van der Waals surface area (Å²) in [4.78, 5) is 18.2. The van der Waals surface area contributed by atoms with Crippen molar-refractivity contribution in [1.82, 2.24) is 9.80 Å². The zero-order valence-electron chi connectivity index (χ0n) is 14.2. The molecule has 0 bridgehead atoms. The van der Waals surface area contributed by atoms with Crippen molar-refractivity contribution < 1.29 is 14.3 Å². The number of morpholine rings is 1. The molecule has 3 rings (SSSR count). The van der Waals surface area contributed by atoms with Gasteiger partial charge in [0, 0.05) is 38.1 Å². The lowest BCUT2D eigenvalue weighted by Gasteiger charge is -2.36. The molecule has 0 saturated carbocycles. The topological polar surface area (TPSA) is 68.0 Å². The first kappa shape index (κ1) is 17.8. The number of hydrogen-bond donors (Lipinski definition) is 1. The highest BCUT2D eigenvalue weighted by molar-refractivity contribution is 7.10. The van der Waals surface area contributed by atoms with Crippen LogP contribution in [0.2, 0.25) is 0 Å². The van der Waals surface area contributed by atoms with Crippen LogP contribution in [-0.2, 0) is 14.3 Å². The van der Waals surface area contributed by atoms with Gasteiger partial charge in [-0.2, -0.15) is 0 Å². The Hall–Kier alpha value is -0.990. The van der Waals surface area contributed by atoms with Crippen LogP contribution >= 0.6 is 11.3 Å². The van der Waals surface area contributed by atoms with Gasteiger partial charge in [-0.3, -0.25) is 9.69 Å². The normalized spacial score (nSPS) is 26.4. The molecule has 2 aliphatic rings. The van der Waals surface area contributed by atoms with E-state index in [1.165, 1.54) is 4.88 Å². The van der Waals surface area contributed by atoms with E-state index < -0.39 is 0 Å². The van der Waals surface area contributed by atoms with Gasteiger partial charge in [0.25, 0.3) is 5.91 Å². The lowest BCUT2D eigenvalue weighted by atomic mass is 10.1. The van der Waals surface area contributed by atoms with E-state index in [0.717, 1.165) is 39.1 Å². The number of nitrogens with two attached hydrogens (primary N) is 1. The monoisotopic (exact) mass is 353 g/mol. The summed E-state index contributed by atoms with van der Waals surface area (Å²) >= 11 is 1.75. The molecule has 134 valence electrons. The first-order chi connectivity index (χ1) is 11.7. The molecule has 0 aromatic carbocycles. The summed E-state index contributed by atoms with van der Waals surface area (Å²) in [6.07, 6.45) is 1.34.